The number of nitrogens with one attached hydrogen (secondary N) is 1. The van der Waals surface area contributed by atoms with Crippen LogP contribution in [0.15, 0.2) is 70.3 Å². The fourth-order valence-electron chi connectivity index (χ4n) is 4.37. The monoisotopic (exact) mass is 593 g/mol. The average Bonchev–Trinajstić information content (AvgIpc) is 3.61. The zero-order chi connectivity index (χ0) is 29.4. The third kappa shape index (κ3) is 5.28. The number of aryl methyl sites for hydroxylation is 1. The van der Waals surface area contributed by atoms with Crippen LogP contribution in [0.2, 0.25) is 0 Å². The van der Waals surface area contributed by atoms with Crippen LogP contribution in [0.3, 0.4) is 0 Å². The Labute approximate surface area is 239 Å². The second kappa shape index (κ2) is 10.9. The standard InChI is InChI=1S/C28H19F4N7O2S/c1-2-20-33-12-15(13-34-20)23-22(36-26(42-23)28(30,31)32)25-38-39-27(41-25)37-24-19(40)11-17-16(9-6-10-18(17)29)21(35-24)14-7-4-3-5-8-14/h3-10,12-13,24H,2,11H2,1H3,(H,37,39)/t24-/m0/s1. The lowest BCUT2D eigenvalue weighted by molar-refractivity contribution is -0.137. The van der Waals surface area contributed by atoms with Crippen LogP contribution in [-0.2, 0) is 23.8 Å². The normalized spacial score (nSPS) is 15.2. The van der Waals surface area contributed by atoms with Gasteiger partial charge in [0.15, 0.2) is 17.0 Å². The van der Waals surface area contributed by atoms with Crippen LogP contribution in [0.1, 0.15) is 34.4 Å². The number of anilines is 1. The van der Waals surface area contributed by atoms with E-state index in [4.69, 9.17) is 4.42 Å². The van der Waals surface area contributed by atoms with Crippen molar-refractivity contribution in [1.29, 1.82) is 0 Å². The Kier molecular flexibility index (Phi) is 7.06. The van der Waals surface area contributed by atoms with Crippen LogP contribution in [0, 0.1) is 5.82 Å². The Balaban J connectivity index is 1.37. The van der Waals surface area contributed by atoms with Gasteiger partial charge in [0, 0.05) is 47.5 Å². The number of fused-ring (bicyclic) bond motifs is 1. The van der Waals surface area contributed by atoms with Gasteiger partial charge < -0.3 is 9.73 Å². The topological polar surface area (TPSA) is 119 Å². The quantitative estimate of drug-likeness (QED) is 0.247. The van der Waals surface area contributed by atoms with Crippen molar-refractivity contribution in [1.82, 2.24) is 25.1 Å². The molecule has 0 amide bonds. The van der Waals surface area contributed by atoms with Gasteiger partial charge in [-0.25, -0.2) is 19.3 Å². The number of halogens is 4. The number of nitrogens with zero attached hydrogens (tertiary/aromatic N) is 6. The maximum atomic E-state index is 14.8. The summed E-state index contributed by atoms with van der Waals surface area (Å²) in [7, 11) is 0. The number of rotatable bonds is 6. The summed E-state index contributed by atoms with van der Waals surface area (Å²) < 4.78 is 61.3. The Bertz CT molecular complexity index is 1800. The summed E-state index contributed by atoms with van der Waals surface area (Å²) in [6.07, 6.45) is -2.88. The van der Waals surface area contributed by atoms with E-state index < -0.39 is 29.0 Å². The predicted molar refractivity (Wildman–Crippen MR) is 145 cm³/mol. The number of benzene rings is 2. The molecule has 5 aromatic rings. The van der Waals surface area contributed by atoms with E-state index in [1.807, 2.05) is 13.0 Å². The molecular weight excluding hydrogens is 574 g/mol. The van der Waals surface area contributed by atoms with Crippen molar-refractivity contribution < 1.29 is 26.8 Å². The second-order valence-corrected chi connectivity index (χ2v) is 10.1. The molecule has 0 radical (unpaired) electrons. The van der Waals surface area contributed by atoms with Crippen molar-refractivity contribution in [3.63, 3.8) is 0 Å². The maximum absolute atomic E-state index is 14.8. The van der Waals surface area contributed by atoms with Gasteiger partial charge in [-0.1, -0.05) is 54.5 Å². The van der Waals surface area contributed by atoms with Crippen LogP contribution < -0.4 is 5.32 Å². The Morgan fingerprint density at radius 3 is 2.50 bits per heavy atom. The molecule has 0 saturated carbocycles. The molecule has 2 aromatic carbocycles. The summed E-state index contributed by atoms with van der Waals surface area (Å²) >= 11 is 0.392. The highest BCUT2D eigenvalue weighted by atomic mass is 32.1. The third-order valence-corrected chi connectivity index (χ3v) is 7.53. The molecule has 14 heteroatoms. The highest BCUT2D eigenvalue weighted by molar-refractivity contribution is 7.15. The van der Waals surface area contributed by atoms with Gasteiger partial charge in [-0.15, -0.1) is 16.4 Å². The molecule has 3 aromatic heterocycles. The summed E-state index contributed by atoms with van der Waals surface area (Å²) in [5.41, 5.74) is 1.77. The van der Waals surface area contributed by atoms with E-state index >= 15 is 0 Å². The molecule has 6 rings (SSSR count). The first-order chi connectivity index (χ1) is 20.2. The molecule has 0 aliphatic carbocycles. The highest BCUT2D eigenvalue weighted by Crippen LogP contribution is 2.42. The van der Waals surface area contributed by atoms with E-state index in [2.05, 4.69) is 35.5 Å². The summed E-state index contributed by atoms with van der Waals surface area (Å²) in [5.74, 6) is -0.816. The molecule has 212 valence electrons. The van der Waals surface area contributed by atoms with Crippen molar-refractivity contribution in [2.45, 2.75) is 32.1 Å². The Hall–Kier alpha value is -4.85. The molecule has 0 saturated heterocycles. The van der Waals surface area contributed by atoms with E-state index in [0.717, 1.165) is 0 Å². The number of carbonyl (C=O) groups is 1. The first-order valence-corrected chi connectivity index (χ1v) is 13.5. The summed E-state index contributed by atoms with van der Waals surface area (Å²) in [6, 6.07) is 13.2. The Morgan fingerprint density at radius 2 is 1.79 bits per heavy atom. The molecular formula is C28H19F4N7O2S. The predicted octanol–water partition coefficient (Wildman–Crippen LogP) is 5.77. The second-order valence-electron chi connectivity index (χ2n) is 9.15. The lowest BCUT2D eigenvalue weighted by Gasteiger charge is -2.11. The molecule has 9 nitrogen and oxygen atoms in total. The van der Waals surface area contributed by atoms with Gasteiger partial charge in [0.1, 0.15) is 17.3 Å². The fraction of sp³-hybridized carbons (Fsp3) is 0.179. The number of hydrogen-bond acceptors (Lipinski definition) is 10. The van der Waals surface area contributed by atoms with Gasteiger partial charge in [0.2, 0.25) is 0 Å². The molecule has 1 atom stereocenters. The molecule has 0 spiro atoms. The van der Waals surface area contributed by atoms with Crippen LogP contribution in [0.4, 0.5) is 23.6 Å². The molecule has 1 aliphatic rings. The number of thiazole rings is 1. The van der Waals surface area contributed by atoms with E-state index in [0.29, 0.717) is 46.0 Å². The van der Waals surface area contributed by atoms with Crippen molar-refractivity contribution in [3.8, 4) is 22.0 Å². The summed E-state index contributed by atoms with van der Waals surface area (Å²) in [5, 5.41) is 9.40. The molecule has 0 fully saturated rings. The van der Waals surface area contributed by atoms with Gasteiger partial charge in [-0.05, 0) is 6.07 Å². The number of ketones is 1. The van der Waals surface area contributed by atoms with Crippen molar-refractivity contribution >= 4 is 28.8 Å². The zero-order valence-electron chi connectivity index (χ0n) is 21.7. The lowest BCUT2D eigenvalue weighted by Crippen LogP contribution is -2.29. The first kappa shape index (κ1) is 27.3. The van der Waals surface area contributed by atoms with Gasteiger partial charge >= 0.3 is 12.2 Å². The van der Waals surface area contributed by atoms with Crippen molar-refractivity contribution in [2.24, 2.45) is 4.99 Å². The molecule has 1 N–H and O–H groups in total. The van der Waals surface area contributed by atoms with E-state index in [-0.39, 0.29) is 34.5 Å². The van der Waals surface area contributed by atoms with E-state index in [1.54, 1.807) is 30.3 Å². The third-order valence-electron chi connectivity index (χ3n) is 6.38. The largest absolute Gasteiger partial charge is 0.443 e. The summed E-state index contributed by atoms with van der Waals surface area (Å²) in [4.78, 5) is 29.9. The molecule has 4 heterocycles. The Morgan fingerprint density at radius 1 is 1.02 bits per heavy atom. The van der Waals surface area contributed by atoms with E-state index in [1.165, 1.54) is 24.5 Å². The fourth-order valence-corrected chi connectivity index (χ4v) is 5.27. The lowest BCUT2D eigenvalue weighted by atomic mass is 9.95. The number of aliphatic imine (C=N–C) groups is 1. The molecule has 1 aliphatic heterocycles. The van der Waals surface area contributed by atoms with Crippen molar-refractivity contribution in [3.05, 3.63) is 94.3 Å². The van der Waals surface area contributed by atoms with Gasteiger partial charge in [-0.3, -0.25) is 9.79 Å². The zero-order valence-corrected chi connectivity index (χ0v) is 22.5. The number of carbonyl (C=O) groups excluding carboxylic acids is 1. The van der Waals surface area contributed by atoms with Crippen molar-refractivity contribution in [2.75, 3.05) is 5.32 Å². The molecule has 42 heavy (non-hydrogen) atoms. The van der Waals surface area contributed by atoms with Crippen LogP contribution in [0.25, 0.3) is 22.0 Å². The minimum Gasteiger partial charge on any atom is -0.402 e. The maximum Gasteiger partial charge on any atom is 0.443 e. The highest BCUT2D eigenvalue weighted by Gasteiger charge is 2.38. The molecule has 0 bridgehead atoms. The number of Topliss-reactive ketones (excluding diaryl/α,β-unsaturated/α-hetero) is 1. The number of hydrogen-bond donors (Lipinski definition) is 1. The van der Waals surface area contributed by atoms with Crippen LogP contribution in [-0.4, -0.2) is 42.8 Å². The van der Waals surface area contributed by atoms with Gasteiger partial charge in [0.25, 0.3) is 5.89 Å². The summed E-state index contributed by atoms with van der Waals surface area (Å²) in [6.45, 7) is 1.85. The van der Waals surface area contributed by atoms with Crippen LogP contribution in [0.5, 0.6) is 0 Å². The van der Waals surface area contributed by atoms with Crippen LogP contribution >= 0.6 is 11.3 Å². The smallest absolute Gasteiger partial charge is 0.402 e. The van der Waals surface area contributed by atoms with Gasteiger partial charge in [0.05, 0.1) is 10.6 Å². The SMILES string of the molecule is CCc1ncc(-c2sc(C(F)(F)F)nc2-c2nnc(N[C@@H]3N=C(c4ccccc4)c4cccc(F)c4CC3=O)o2)cn1. The van der Waals surface area contributed by atoms with E-state index in [9.17, 15) is 22.4 Å². The average molecular weight is 594 g/mol. The van der Waals surface area contributed by atoms with Gasteiger partial charge in [-0.2, -0.15) is 13.2 Å². The number of aromatic nitrogens is 5. The minimum atomic E-state index is -4.72. The first-order valence-electron chi connectivity index (χ1n) is 12.6. The number of alkyl halides is 3. The molecule has 0 unspecified atom stereocenters. The minimum absolute atomic E-state index is 0.0843.